The molecule has 0 bridgehead atoms. The SMILES string of the molecule is Cc1ccc(NC(=O)N2CCC(C)(C(=O)O)C2)cc1F. The number of carbonyl (C=O) groups excluding carboxylic acids is 1. The molecule has 1 aliphatic heterocycles. The number of likely N-dealkylation sites (tertiary alicyclic amines) is 1. The van der Waals surface area contributed by atoms with Gasteiger partial charge in [0, 0.05) is 18.8 Å². The maximum atomic E-state index is 13.4. The second-order valence-electron chi connectivity index (χ2n) is 5.43. The van der Waals surface area contributed by atoms with Crippen molar-refractivity contribution in [3.8, 4) is 0 Å². The maximum absolute atomic E-state index is 13.4. The number of rotatable bonds is 2. The third-order valence-corrected chi connectivity index (χ3v) is 3.70. The standard InChI is InChI=1S/C14H17FN2O3/c1-9-3-4-10(7-11(9)15)16-13(20)17-6-5-14(2,8-17)12(18)19/h3-4,7H,5-6,8H2,1-2H3,(H,16,20)(H,18,19). The van der Waals surface area contributed by atoms with Crippen LogP contribution in [-0.2, 0) is 4.79 Å². The summed E-state index contributed by atoms with van der Waals surface area (Å²) in [5.74, 6) is -1.30. The highest BCUT2D eigenvalue weighted by molar-refractivity contribution is 5.90. The maximum Gasteiger partial charge on any atom is 0.321 e. The molecular weight excluding hydrogens is 263 g/mol. The molecule has 1 aliphatic rings. The van der Waals surface area contributed by atoms with Gasteiger partial charge in [0.05, 0.1) is 5.41 Å². The van der Waals surface area contributed by atoms with Gasteiger partial charge in [-0.2, -0.15) is 0 Å². The molecule has 1 saturated heterocycles. The number of hydrogen-bond donors (Lipinski definition) is 2. The van der Waals surface area contributed by atoms with Gasteiger partial charge in [0.2, 0.25) is 0 Å². The second kappa shape index (κ2) is 5.11. The summed E-state index contributed by atoms with van der Waals surface area (Å²) in [7, 11) is 0. The number of nitrogens with one attached hydrogen (secondary N) is 1. The number of hydrogen-bond acceptors (Lipinski definition) is 2. The van der Waals surface area contributed by atoms with Crippen molar-refractivity contribution in [3.63, 3.8) is 0 Å². The Labute approximate surface area is 116 Å². The number of aliphatic carboxylic acids is 1. The molecule has 20 heavy (non-hydrogen) atoms. The van der Waals surface area contributed by atoms with Crippen LogP contribution in [0.15, 0.2) is 18.2 Å². The third kappa shape index (κ3) is 2.74. The van der Waals surface area contributed by atoms with Gasteiger partial charge in [-0.1, -0.05) is 6.07 Å². The van der Waals surface area contributed by atoms with Crippen LogP contribution in [0.4, 0.5) is 14.9 Å². The highest BCUT2D eigenvalue weighted by Crippen LogP contribution is 2.30. The Morgan fingerprint density at radius 1 is 1.45 bits per heavy atom. The molecule has 2 amide bonds. The number of carboxylic acids is 1. The molecule has 108 valence electrons. The number of urea groups is 1. The highest BCUT2D eigenvalue weighted by Gasteiger charge is 2.42. The van der Waals surface area contributed by atoms with Crippen LogP contribution < -0.4 is 5.32 Å². The van der Waals surface area contributed by atoms with Gasteiger partial charge in [0.1, 0.15) is 5.82 Å². The number of amides is 2. The van der Waals surface area contributed by atoms with Crippen LogP contribution in [-0.4, -0.2) is 35.1 Å². The fourth-order valence-electron chi connectivity index (χ4n) is 2.18. The van der Waals surface area contributed by atoms with Crippen molar-refractivity contribution >= 4 is 17.7 Å². The zero-order chi connectivity index (χ0) is 14.9. The molecule has 6 heteroatoms. The van der Waals surface area contributed by atoms with Crippen LogP contribution in [0, 0.1) is 18.2 Å². The van der Waals surface area contributed by atoms with E-state index >= 15 is 0 Å². The monoisotopic (exact) mass is 280 g/mol. The highest BCUT2D eigenvalue weighted by atomic mass is 19.1. The zero-order valence-electron chi connectivity index (χ0n) is 11.4. The van der Waals surface area contributed by atoms with Crippen molar-refractivity contribution < 1.29 is 19.1 Å². The van der Waals surface area contributed by atoms with E-state index in [2.05, 4.69) is 5.32 Å². The molecule has 1 heterocycles. The number of carboxylic acid groups (broad SMARTS) is 1. The van der Waals surface area contributed by atoms with Crippen molar-refractivity contribution in [2.75, 3.05) is 18.4 Å². The van der Waals surface area contributed by atoms with Gasteiger partial charge >= 0.3 is 12.0 Å². The van der Waals surface area contributed by atoms with Gasteiger partial charge in [-0.3, -0.25) is 4.79 Å². The van der Waals surface area contributed by atoms with Crippen LogP contribution in [0.1, 0.15) is 18.9 Å². The fraction of sp³-hybridized carbons (Fsp3) is 0.429. The molecule has 1 unspecified atom stereocenters. The molecule has 0 radical (unpaired) electrons. The smallest absolute Gasteiger partial charge is 0.321 e. The molecule has 1 aromatic rings. The van der Waals surface area contributed by atoms with E-state index in [9.17, 15) is 14.0 Å². The van der Waals surface area contributed by atoms with Gasteiger partial charge in [0.15, 0.2) is 0 Å². The largest absolute Gasteiger partial charge is 0.481 e. The number of carbonyl (C=O) groups is 2. The molecule has 2 rings (SSSR count). The van der Waals surface area contributed by atoms with Crippen LogP contribution in [0.3, 0.4) is 0 Å². The van der Waals surface area contributed by atoms with Gasteiger partial charge < -0.3 is 15.3 Å². The van der Waals surface area contributed by atoms with Crippen LogP contribution in [0.2, 0.25) is 0 Å². The van der Waals surface area contributed by atoms with Crippen LogP contribution in [0.25, 0.3) is 0 Å². The van der Waals surface area contributed by atoms with E-state index in [1.165, 1.54) is 11.0 Å². The Kier molecular flexibility index (Phi) is 3.65. The molecule has 0 spiro atoms. The predicted octanol–water partition coefficient (Wildman–Crippen LogP) is 2.46. The summed E-state index contributed by atoms with van der Waals surface area (Å²) in [6.07, 6.45) is 0.415. The van der Waals surface area contributed by atoms with Crippen molar-refractivity contribution in [1.82, 2.24) is 4.90 Å². The van der Waals surface area contributed by atoms with Gasteiger partial charge in [-0.15, -0.1) is 0 Å². The van der Waals surface area contributed by atoms with E-state index in [1.807, 2.05) is 0 Å². The molecule has 1 fully saturated rings. The third-order valence-electron chi connectivity index (χ3n) is 3.70. The quantitative estimate of drug-likeness (QED) is 0.874. The number of anilines is 1. The molecular formula is C14H17FN2O3. The van der Waals surface area contributed by atoms with E-state index in [-0.39, 0.29) is 12.4 Å². The average Bonchev–Trinajstić information content (AvgIpc) is 2.78. The summed E-state index contributed by atoms with van der Waals surface area (Å²) < 4.78 is 13.4. The summed E-state index contributed by atoms with van der Waals surface area (Å²) in [4.78, 5) is 24.6. The first kappa shape index (κ1) is 14.3. The van der Waals surface area contributed by atoms with Gasteiger partial charge in [-0.25, -0.2) is 9.18 Å². The van der Waals surface area contributed by atoms with Crippen molar-refractivity contribution in [1.29, 1.82) is 0 Å². The summed E-state index contributed by atoms with van der Waals surface area (Å²) in [6.45, 7) is 3.79. The lowest BCUT2D eigenvalue weighted by Crippen LogP contribution is -2.37. The summed E-state index contributed by atoms with van der Waals surface area (Å²) in [6, 6.07) is 4.04. The van der Waals surface area contributed by atoms with Crippen molar-refractivity contribution in [2.24, 2.45) is 5.41 Å². The minimum absolute atomic E-state index is 0.155. The first-order valence-electron chi connectivity index (χ1n) is 6.37. The first-order chi connectivity index (χ1) is 9.32. The number of halogens is 1. The zero-order valence-corrected chi connectivity index (χ0v) is 11.4. The molecule has 0 saturated carbocycles. The van der Waals surface area contributed by atoms with Crippen molar-refractivity contribution in [2.45, 2.75) is 20.3 Å². The number of nitrogens with zero attached hydrogens (tertiary/aromatic N) is 1. The van der Waals surface area contributed by atoms with E-state index < -0.39 is 17.4 Å². The molecule has 1 aromatic carbocycles. The van der Waals surface area contributed by atoms with E-state index in [0.29, 0.717) is 24.2 Å². The molecule has 0 aliphatic carbocycles. The molecule has 5 nitrogen and oxygen atoms in total. The molecule has 1 atom stereocenters. The summed E-state index contributed by atoms with van der Waals surface area (Å²) >= 11 is 0. The minimum Gasteiger partial charge on any atom is -0.481 e. The molecule has 2 N–H and O–H groups in total. The van der Waals surface area contributed by atoms with Gasteiger partial charge in [0.25, 0.3) is 0 Å². The lowest BCUT2D eigenvalue weighted by molar-refractivity contribution is -0.146. The normalized spacial score (nSPS) is 21.9. The minimum atomic E-state index is -0.908. The second-order valence-corrected chi connectivity index (χ2v) is 5.43. The fourth-order valence-corrected chi connectivity index (χ4v) is 2.18. The summed E-state index contributed by atoms with van der Waals surface area (Å²) in [5, 5.41) is 11.7. The van der Waals surface area contributed by atoms with E-state index in [1.54, 1.807) is 26.0 Å². The lowest BCUT2D eigenvalue weighted by atomic mass is 9.90. The predicted molar refractivity (Wildman–Crippen MR) is 72.1 cm³/mol. The lowest BCUT2D eigenvalue weighted by Gasteiger charge is -2.20. The Hall–Kier alpha value is -2.11. The Bertz CT molecular complexity index is 561. The number of benzene rings is 1. The van der Waals surface area contributed by atoms with Crippen LogP contribution >= 0.6 is 0 Å². The Balaban J connectivity index is 2.03. The Morgan fingerprint density at radius 3 is 2.70 bits per heavy atom. The Morgan fingerprint density at radius 2 is 2.15 bits per heavy atom. The summed E-state index contributed by atoms with van der Waals surface area (Å²) in [5.41, 5.74) is -0.0415. The van der Waals surface area contributed by atoms with Gasteiger partial charge in [-0.05, 0) is 38.0 Å². The number of aryl methyl sites for hydroxylation is 1. The van der Waals surface area contributed by atoms with Crippen LogP contribution in [0.5, 0.6) is 0 Å². The average molecular weight is 280 g/mol. The van der Waals surface area contributed by atoms with E-state index in [0.717, 1.165) is 0 Å². The van der Waals surface area contributed by atoms with E-state index in [4.69, 9.17) is 5.11 Å². The van der Waals surface area contributed by atoms with Crippen molar-refractivity contribution in [3.05, 3.63) is 29.6 Å². The topological polar surface area (TPSA) is 69.6 Å². The first-order valence-corrected chi connectivity index (χ1v) is 6.37. The molecule has 0 aromatic heterocycles.